The molecular weight excluding hydrogens is 352 g/mol. The topological polar surface area (TPSA) is 73.0 Å². The van der Waals surface area contributed by atoms with Gasteiger partial charge < -0.3 is 5.32 Å². The molecule has 0 radical (unpaired) electrons. The molecule has 0 saturated heterocycles. The fourth-order valence-corrected chi connectivity index (χ4v) is 3.86. The van der Waals surface area contributed by atoms with E-state index in [1.165, 1.54) is 17.2 Å². The molecule has 1 aromatic heterocycles. The minimum atomic E-state index is -0.360. The first-order valence-electron chi connectivity index (χ1n) is 9.12. The van der Waals surface area contributed by atoms with Crippen molar-refractivity contribution in [1.82, 2.24) is 9.55 Å². The summed E-state index contributed by atoms with van der Waals surface area (Å²) < 4.78 is 2.14. The van der Waals surface area contributed by atoms with E-state index in [-0.39, 0.29) is 16.8 Å². The van der Waals surface area contributed by atoms with Gasteiger partial charge in [-0.2, -0.15) is 0 Å². The fraction of sp³-hybridized carbons (Fsp3) is 0.136. The van der Waals surface area contributed by atoms with Gasteiger partial charge in [-0.25, -0.2) is 4.98 Å². The predicted octanol–water partition coefficient (Wildman–Crippen LogP) is 5.20. The number of imidazole rings is 1. The molecule has 138 valence electrons. The average Bonchev–Trinajstić information content (AvgIpc) is 3.06. The summed E-state index contributed by atoms with van der Waals surface area (Å²) in [6.45, 7) is 4.17. The van der Waals surface area contributed by atoms with Crippen molar-refractivity contribution in [3.8, 4) is 11.4 Å². The molecule has 5 rings (SSSR count). The molecule has 0 amide bonds. The van der Waals surface area contributed by atoms with E-state index in [1.807, 2.05) is 30.3 Å². The van der Waals surface area contributed by atoms with Gasteiger partial charge in [0.25, 0.3) is 5.69 Å². The Balaban J connectivity index is 1.81. The van der Waals surface area contributed by atoms with Gasteiger partial charge in [0.05, 0.1) is 16.0 Å². The first-order valence-corrected chi connectivity index (χ1v) is 9.12. The summed E-state index contributed by atoms with van der Waals surface area (Å²) in [6.07, 6.45) is -0.281. The second-order valence-electron chi connectivity index (χ2n) is 7.18. The van der Waals surface area contributed by atoms with Crippen LogP contribution < -0.4 is 5.32 Å². The van der Waals surface area contributed by atoms with Crippen molar-refractivity contribution in [1.29, 1.82) is 0 Å². The van der Waals surface area contributed by atoms with Gasteiger partial charge in [-0.1, -0.05) is 24.3 Å². The Labute approximate surface area is 161 Å². The zero-order valence-corrected chi connectivity index (χ0v) is 15.5. The van der Waals surface area contributed by atoms with Gasteiger partial charge in [-0.3, -0.25) is 14.7 Å². The van der Waals surface area contributed by atoms with Gasteiger partial charge in [-0.05, 0) is 49.2 Å². The highest BCUT2D eigenvalue weighted by Crippen LogP contribution is 2.41. The van der Waals surface area contributed by atoms with Crippen molar-refractivity contribution >= 4 is 22.4 Å². The van der Waals surface area contributed by atoms with Gasteiger partial charge in [-0.15, -0.1) is 0 Å². The number of hydrogen-bond donors (Lipinski definition) is 1. The quantitative estimate of drug-likeness (QED) is 0.389. The third-order valence-electron chi connectivity index (χ3n) is 5.42. The van der Waals surface area contributed by atoms with Crippen molar-refractivity contribution in [2.24, 2.45) is 0 Å². The zero-order chi connectivity index (χ0) is 19.4. The highest BCUT2D eigenvalue weighted by atomic mass is 16.6. The standard InChI is InChI=1S/C22H18N4O2/c1-13-10-19-20(11-14(13)2)25-21(15-6-5-7-16(12-15)26(27)28)23-18-9-4-3-8-17(18)22(25)24-19/h3-12,21,23H,1-2H3. The van der Waals surface area contributed by atoms with Gasteiger partial charge in [0.15, 0.2) is 0 Å². The number of aromatic nitrogens is 2. The van der Waals surface area contributed by atoms with Crippen LogP contribution in [0.4, 0.5) is 11.4 Å². The SMILES string of the molecule is Cc1cc2nc3n(c2cc1C)C(c1cccc([N+](=O)[O-])c1)Nc1ccccc1-3. The minimum Gasteiger partial charge on any atom is -0.361 e. The Hall–Kier alpha value is -3.67. The van der Waals surface area contributed by atoms with E-state index in [0.717, 1.165) is 33.7 Å². The molecule has 0 aliphatic carbocycles. The summed E-state index contributed by atoms with van der Waals surface area (Å²) >= 11 is 0. The maximum atomic E-state index is 11.3. The Morgan fingerprint density at radius 2 is 1.82 bits per heavy atom. The lowest BCUT2D eigenvalue weighted by Gasteiger charge is -2.30. The molecule has 6 heteroatoms. The van der Waals surface area contributed by atoms with Crippen LogP contribution >= 0.6 is 0 Å². The molecule has 6 nitrogen and oxygen atoms in total. The minimum absolute atomic E-state index is 0.0798. The zero-order valence-electron chi connectivity index (χ0n) is 15.5. The number of non-ortho nitro benzene ring substituents is 1. The smallest absolute Gasteiger partial charge is 0.269 e. The summed E-state index contributed by atoms with van der Waals surface area (Å²) in [5.74, 6) is 0.867. The highest BCUT2D eigenvalue weighted by Gasteiger charge is 2.29. The molecule has 2 heterocycles. The first-order chi connectivity index (χ1) is 13.5. The molecule has 1 atom stereocenters. The number of para-hydroxylation sites is 1. The third-order valence-corrected chi connectivity index (χ3v) is 5.42. The van der Waals surface area contributed by atoms with Crippen LogP contribution in [-0.2, 0) is 0 Å². The molecule has 3 aromatic carbocycles. The second-order valence-corrected chi connectivity index (χ2v) is 7.18. The highest BCUT2D eigenvalue weighted by molar-refractivity contribution is 5.87. The molecule has 28 heavy (non-hydrogen) atoms. The van der Waals surface area contributed by atoms with Crippen molar-refractivity contribution in [2.75, 3.05) is 5.32 Å². The lowest BCUT2D eigenvalue weighted by atomic mass is 10.0. The summed E-state index contributed by atoms with van der Waals surface area (Å²) in [7, 11) is 0. The number of rotatable bonds is 2. The van der Waals surface area contributed by atoms with Crippen LogP contribution in [0.25, 0.3) is 22.4 Å². The van der Waals surface area contributed by atoms with Crippen LogP contribution in [-0.4, -0.2) is 14.5 Å². The number of anilines is 1. The number of nitro groups is 1. The number of benzene rings is 3. The van der Waals surface area contributed by atoms with E-state index in [0.29, 0.717) is 0 Å². The molecule has 1 N–H and O–H groups in total. The molecule has 0 bridgehead atoms. The van der Waals surface area contributed by atoms with E-state index in [2.05, 4.69) is 35.9 Å². The number of nitrogens with zero attached hydrogens (tertiary/aromatic N) is 3. The average molecular weight is 370 g/mol. The number of nitro benzene ring substituents is 1. The summed E-state index contributed by atoms with van der Waals surface area (Å²) in [5.41, 5.74) is 7.20. The molecule has 0 spiro atoms. The van der Waals surface area contributed by atoms with Crippen LogP contribution in [0.1, 0.15) is 22.9 Å². The summed E-state index contributed by atoms with van der Waals surface area (Å²) in [6, 6.07) is 19.0. The van der Waals surface area contributed by atoms with Crippen molar-refractivity contribution in [3.05, 3.63) is 87.5 Å². The molecule has 1 aliphatic rings. The molecule has 1 unspecified atom stereocenters. The monoisotopic (exact) mass is 370 g/mol. The summed E-state index contributed by atoms with van der Waals surface area (Å²) in [4.78, 5) is 15.8. The Morgan fingerprint density at radius 1 is 1.04 bits per heavy atom. The Morgan fingerprint density at radius 3 is 2.64 bits per heavy atom. The van der Waals surface area contributed by atoms with Crippen LogP contribution in [0.5, 0.6) is 0 Å². The lowest BCUT2D eigenvalue weighted by Crippen LogP contribution is -2.24. The fourth-order valence-electron chi connectivity index (χ4n) is 3.86. The molecule has 0 fully saturated rings. The molecule has 1 aliphatic heterocycles. The predicted molar refractivity (Wildman–Crippen MR) is 110 cm³/mol. The van der Waals surface area contributed by atoms with Crippen LogP contribution in [0.2, 0.25) is 0 Å². The molecule has 0 saturated carbocycles. The molecular formula is C22H18N4O2. The van der Waals surface area contributed by atoms with Crippen LogP contribution in [0.15, 0.2) is 60.7 Å². The Kier molecular flexibility index (Phi) is 3.49. The third kappa shape index (κ3) is 2.38. The number of nitrogens with one attached hydrogen (secondary N) is 1. The van der Waals surface area contributed by atoms with Crippen molar-refractivity contribution in [2.45, 2.75) is 20.0 Å². The summed E-state index contributed by atoms with van der Waals surface area (Å²) in [5, 5.41) is 14.8. The second kappa shape index (κ2) is 5.92. The van der Waals surface area contributed by atoms with Crippen molar-refractivity contribution < 1.29 is 4.92 Å². The maximum Gasteiger partial charge on any atom is 0.269 e. The van der Waals surface area contributed by atoms with Gasteiger partial charge in [0.2, 0.25) is 0 Å². The lowest BCUT2D eigenvalue weighted by molar-refractivity contribution is -0.384. The molecule has 4 aromatic rings. The number of hydrogen-bond acceptors (Lipinski definition) is 4. The Bertz CT molecular complexity index is 1260. The van der Waals surface area contributed by atoms with Gasteiger partial charge in [0.1, 0.15) is 12.0 Å². The first kappa shape index (κ1) is 16.5. The normalized spacial score (nSPS) is 15.0. The van der Waals surface area contributed by atoms with Crippen LogP contribution in [0, 0.1) is 24.0 Å². The largest absolute Gasteiger partial charge is 0.361 e. The van der Waals surface area contributed by atoms with Gasteiger partial charge in [0, 0.05) is 28.9 Å². The number of aryl methyl sites for hydroxylation is 2. The number of fused-ring (bicyclic) bond motifs is 5. The van der Waals surface area contributed by atoms with Crippen LogP contribution in [0.3, 0.4) is 0 Å². The maximum absolute atomic E-state index is 11.3. The van der Waals surface area contributed by atoms with E-state index in [9.17, 15) is 10.1 Å². The van der Waals surface area contributed by atoms with E-state index in [4.69, 9.17) is 4.98 Å². The van der Waals surface area contributed by atoms with E-state index in [1.54, 1.807) is 12.1 Å². The van der Waals surface area contributed by atoms with E-state index < -0.39 is 0 Å². The van der Waals surface area contributed by atoms with Crippen molar-refractivity contribution in [3.63, 3.8) is 0 Å². The van der Waals surface area contributed by atoms with E-state index >= 15 is 0 Å². The van der Waals surface area contributed by atoms with Gasteiger partial charge >= 0.3 is 0 Å².